The minimum absolute atomic E-state index is 0.101. The molecule has 0 aliphatic rings. The number of rotatable bonds is 4. The Morgan fingerprint density at radius 2 is 2.24 bits per heavy atom. The van der Waals surface area contributed by atoms with Crippen LogP contribution in [0.25, 0.3) is 0 Å². The van der Waals surface area contributed by atoms with E-state index in [2.05, 4.69) is 35.4 Å². The molecule has 92 valence electrons. The zero-order valence-corrected chi connectivity index (χ0v) is 11.5. The molecule has 4 nitrogen and oxygen atoms in total. The number of thiazole rings is 1. The van der Waals surface area contributed by atoms with E-state index in [0.717, 1.165) is 17.2 Å². The predicted octanol–water partition coefficient (Wildman–Crippen LogP) is 2.21. The number of nitrogens with one attached hydrogen (secondary N) is 1. The first-order chi connectivity index (χ1) is 7.99. The van der Waals surface area contributed by atoms with Crippen molar-refractivity contribution < 1.29 is 0 Å². The van der Waals surface area contributed by atoms with Crippen LogP contribution in [0.4, 0.5) is 0 Å². The maximum atomic E-state index is 4.36. The van der Waals surface area contributed by atoms with Crippen LogP contribution >= 0.6 is 11.3 Å². The minimum atomic E-state index is -0.101. The topological polar surface area (TPSA) is 42.7 Å². The van der Waals surface area contributed by atoms with E-state index in [4.69, 9.17) is 0 Å². The molecule has 0 bridgehead atoms. The molecular formula is C12H18N4S. The lowest BCUT2D eigenvalue weighted by Gasteiger charge is -2.23. The fraction of sp³-hybridized carbons (Fsp3) is 0.500. The Morgan fingerprint density at radius 1 is 1.47 bits per heavy atom. The molecule has 0 fully saturated rings. The van der Waals surface area contributed by atoms with Gasteiger partial charge in [0.1, 0.15) is 5.01 Å². The molecular weight excluding hydrogens is 232 g/mol. The summed E-state index contributed by atoms with van der Waals surface area (Å²) in [4.78, 5) is 4.36. The van der Waals surface area contributed by atoms with Gasteiger partial charge in [-0.2, -0.15) is 5.10 Å². The van der Waals surface area contributed by atoms with Crippen molar-refractivity contribution in [3.8, 4) is 0 Å². The van der Waals surface area contributed by atoms with E-state index in [1.807, 2.05) is 30.2 Å². The molecule has 5 heteroatoms. The largest absolute Gasteiger partial charge is 0.302 e. The van der Waals surface area contributed by atoms with Gasteiger partial charge in [0.05, 0.1) is 11.2 Å². The monoisotopic (exact) mass is 250 g/mol. The van der Waals surface area contributed by atoms with Crippen molar-refractivity contribution in [1.82, 2.24) is 20.1 Å². The van der Waals surface area contributed by atoms with Crippen LogP contribution in [0.15, 0.2) is 17.8 Å². The molecule has 2 rings (SSSR count). The number of nitrogens with zero attached hydrogens (tertiary/aromatic N) is 3. The maximum Gasteiger partial charge on any atom is 0.112 e. The number of hydrogen-bond donors (Lipinski definition) is 1. The first-order valence-electron chi connectivity index (χ1n) is 5.63. The van der Waals surface area contributed by atoms with Gasteiger partial charge in [-0.05, 0) is 20.8 Å². The number of hydrogen-bond acceptors (Lipinski definition) is 4. The van der Waals surface area contributed by atoms with Crippen LogP contribution in [0.5, 0.6) is 0 Å². The summed E-state index contributed by atoms with van der Waals surface area (Å²) in [5, 5.41) is 11.0. The molecule has 17 heavy (non-hydrogen) atoms. The number of aryl methyl sites for hydroxylation is 2. The van der Waals surface area contributed by atoms with Gasteiger partial charge in [-0.25, -0.2) is 4.98 Å². The highest BCUT2D eigenvalue weighted by Crippen LogP contribution is 2.22. The number of aromatic nitrogens is 3. The van der Waals surface area contributed by atoms with Crippen LogP contribution in [0.1, 0.15) is 30.1 Å². The van der Waals surface area contributed by atoms with Gasteiger partial charge in [0.2, 0.25) is 0 Å². The van der Waals surface area contributed by atoms with E-state index < -0.39 is 0 Å². The summed E-state index contributed by atoms with van der Waals surface area (Å²) >= 11 is 1.68. The molecule has 0 spiro atoms. The second kappa shape index (κ2) is 4.58. The normalized spacial score (nSPS) is 12.0. The van der Waals surface area contributed by atoms with Crippen LogP contribution in [0, 0.1) is 6.92 Å². The van der Waals surface area contributed by atoms with Gasteiger partial charge in [0.15, 0.2) is 0 Å². The van der Waals surface area contributed by atoms with Crippen LogP contribution in [0.2, 0.25) is 0 Å². The van der Waals surface area contributed by atoms with Crippen molar-refractivity contribution in [2.24, 2.45) is 7.05 Å². The summed E-state index contributed by atoms with van der Waals surface area (Å²) < 4.78 is 1.85. The Balaban J connectivity index is 2.05. The van der Waals surface area contributed by atoms with Crippen molar-refractivity contribution in [3.05, 3.63) is 34.0 Å². The van der Waals surface area contributed by atoms with E-state index in [-0.39, 0.29) is 5.54 Å². The van der Waals surface area contributed by atoms with Gasteiger partial charge in [-0.1, -0.05) is 0 Å². The van der Waals surface area contributed by atoms with Gasteiger partial charge in [-0.15, -0.1) is 11.3 Å². The lowest BCUT2D eigenvalue weighted by molar-refractivity contribution is 0.399. The lowest BCUT2D eigenvalue weighted by Crippen LogP contribution is -2.35. The predicted molar refractivity (Wildman–Crippen MR) is 69.9 cm³/mol. The van der Waals surface area contributed by atoms with Crippen molar-refractivity contribution in [2.45, 2.75) is 32.9 Å². The molecule has 0 unspecified atom stereocenters. The Morgan fingerprint density at radius 3 is 2.76 bits per heavy atom. The molecule has 0 saturated carbocycles. The molecule has 2 aromatic heterocycles. The molecule has 0 atom stereocenters. The zero-order valence-electron chi connectivity index (χ0n) is 10.7. The fourth-order valence-corrected chi connectivity index (χ4v) is 2.49. The van der Waals surface area contributed by atoms with Crippen LogP contribution in [0.3, 0.4) is 0 Å². The molecule has 2 aromatic rings. The molecule has 0 radical (unpaired) electrons. The quantitative estimate of drug-likeness (QED) is 0.904. The van der Waals surface area contributed by atoms with Crippen LogP contribution in [-0.2, 0) is 19.1 Å². The van der Waals surface area contributed by atoms with Crippen molar-refractivity contribution in [1.29, 1.82) is 0 Å². The smallest absolute Gasteiger partial charge is 0.112 e. The Kier molecular flexibility index (Phi) is 3.31. The third-order valence-electron chi connectivity index (χ3n) is 2.80. The van der Waals surface area contributed by atoms with Crippen LogP contribution < -0.4 is 5.32 Å². The Labute approximate surface area is 106 Å². The van der Waals surface area contributed by atoms with Gasteiger partial charge < -0.3 is 5.32 Å². The SMILES string of the molecule is Cc1nn(C)cc1CNC(C)(C)c1nccs1. The van der Waals surface area contributed by atoms with E-state index >= 15 is 0 Å². The summed E-state index contributed by atoms with van der Waals surface area (Å²) in [5.41, 5.74) is 2.21. The zero-order chi connectivity index (χ0) is 12.5. The molecule has 2 heterocycles. The Hall–Kier alpha value is -1.20. The molecule has 1 N–H and O–H groups in total. The molecule has 0 saturated heterocycles. The summed E-state index contributed by atoms with van der Waals surface area (Å²) in [5.74, 6) is 0. The molecule has 0 amide bonds. The third-order valence-corrected chi connectivity index (χ3v) is 3.90. The van der Waals surface area contributed by atoms with E-state index in [0.29, 0.717) is 0 Å². The molecule has 0 aliphatic carbocycles. The highest BCUT2D eigenvalue weighted by Gasteiger charge is 2.22. The summed E-state index contributed by atoms with van der Waals surface area (Å²) in [6.07, 6.45) is 3.90. The van der Waals surface area contributed by atoms with Crippen molar-refractivity contribution >= 4 is 11.3 Å². The van der Waals surface area contributed by atoms with E-state index in [9.17, 15) is 0 Å². The van der Waals surface area contributed by atoms with E-state index in [1.165, 1.54) is 5.56 Å². The molecule has 0 aromatic carbocycles. The minimum Gasteiger partial charge on any atom is -0.302 e. The maximum absolute atomic E-state index is 4.36. The Bertz CT molecular complexity index is 485. The van der Waals surface area contributed by atoms with E-state index in [1.54, 1.807) is 11.3 Å². The van der Waals surface area contributed by atoms with Gasteiger partial charge >= 0.3 is 0 Å². The van der Waals surface area contributed by atoms with Crippen molar-refractivity contribution in [2.75, 3.05) is 0 Å². The third kappa shape index (κ3) is 2.73. The van der Waals surface area contributed by atoms with Gasteiger partial charge in [0.25, 0.3) is 0 Å². The second-order valence-corrected chi connectivity index (χ2v) is 5.62. The summed E-state index contributed by atoms with van der Waals surface area (Å²) in [6.45, 7) is 7.15. The molecule has 0 aliphatic heterocycles. The van der Waals surface area contributed by atoms with Gasteiger partial charge in [0, 0.05) is 36.9 Å². The first kappa shape index (κ1) is 12.3. The lowest BCUT2D eigenvalue weighted by atomic mass is 10.1. The summed E-state index contributed by atoms with van der Waals surface area (Å²) in [7, 11) is 1.95. The average molecular weight is 250 g/mol. The fourth-order valence-electron chi connectivity index (χ4n) is 1.75. The van der Waals surface area contributed by atoms with Crippen molar-refractivity contribution in [3.63, 3.8) is 0 Å². The van der Waals surface area contributed by atoms with Gasteiger partial charge in [-0.3, -0.25) is 4.68 Å². The highest BCUT2D eigenvalue weighted by atomic mass is 32.1. The highest BCUT2D eigenvalue weighted by molar-refractivity contribution is 7.09. The first-order valence-corrected chi connectivity index (χ1v) is 6.51. The average Bonchev–Trinajstić information content (AvgIpc) is 2.85. The summed E-state index contributed by atoms with van der Waals surface area (Å²) in [6, 6.07) is 0. The second-order valence-electron chi connectivity index (χ2n) is 4.73. The van der Waals surface area contributed by atoms with Crippen LogP contribution in [-0.4, -0.2) is 14.8 Å². The standard InChI is InChI=1S/C12H18N4S/c1-9-10(8-16(4)15-9)7-14-12(2,3)11-13-5-6-17-11/h5-6,8,14H,7H2,1-4H3.